The van der Waals surface area contributed by atoms with Gasteiger partial charge in [0.1, 0.15) is 5.69 Å². The molecule has 1 aromatic heterocycles. The van der Waals surface area contributed by atoms with Crippen LogP contribution in [0.25, 0.3) is 0 Å². The van der Waals surface area contributed by atoms with E-state index in [1.54, 1.807) is 5.38 Å². The number of nitrogens with one attached hydrogen (secondary N) is 1. The summed E-state index contributed by atoms with van der Waals surface area (Å²) in [6.45, 7) is 1.27. The van der Waals surface area contributed by atoms with E-state index in [2.05, 4.69) is 16.4 Å². The highest BCUT2D eigenvalue weighted by Gasteiger charge is 2.10. The zero-order valence-corrected chi connectivity index (χ0v) is 12.0. The van der Waals surface area contributed by atoms with Crippen molar-refractivity contribution in [1.29, 1.82) is 0 Å². The molecule has 5 heteroatoms. The molecule has 0 atom stereocenters. The van der Waals surface area contributed by atoms with Gasteiger partial charge in [0.2, 0.25) is 0 Å². The number of nitrogens with zero attached hydrogens (tertiary/aromatic N) is 1. The van der Waals surface area contributed by atoms with Crippen molar-refractivity contribution in [3.05, 3.63) is 27.7 Å². The van der Waals surface area contributed by atoms with Crippen LogP contribution in [0.3, 0.4) is 0 Å². The lowest BCUT2D eigenvalue weighted by Crippen LogP contribution is -2.25. The van der Waals surface area contributed by atoms with Gasteiger partial charge in [0, 0.05) is 18.3 Å². The molecule has 0 saturated carbocycles. The summed E-state index contributed by atoms with van der Waals surface area (Å²) >= 11 is 1.50. The number of hydrogen-bond donors (Lipinski definition) is 2. The highest BCUT2D eigenvalue weighted by atomic mass is 32.1. The molecule has 1 amide bonds. The van der Waals surface area contributed by atoms with Crippen molar-refractivity contribution in [3.63, 3.8) is 0 Å². The van der Waals surface area contributed by atoms with Gasteiger partial charge in [-0.1, -0.05) is 11.6 Å². The Morgan fingerprint density at radius 3 is 3.05 bits per heavy atom. The molecule has 1 aliphatic rings. The van der Waals surface area contributed by atoms with Gasteiger partial charge in [0.05, 0.1) is 5.01 Å². The molecule has 104 valence electrons. The fraction of sp³-hybridized carbons (Fsp3) is 0.571. The first-order valence-corrected chi connectivity index (χ1v) is 7.78. The monoisotopic (exact) mass is 279 g/mol. The molecule has 0 fully saturated rings. The van der Waals surface area contributed by atoms with Crippen LogP contribution in [0.5, 0.6) is 0 Å². The molecule has 3 N–H and O–H groups in total. The number of amides is 1. The standard InChI is InChI=1S/C14H21N3OS/c15-8-6-13-17-12(10-19-13)14(18)16-9-7-11-4-2-1-3-5-11/h4,10H,1-3,5-9,15H2,(H,16,18). The minimum atomic E-state index is -0.0732. The number of hydrogen-bond acceptors (Lipinski definition) is 4. The SMILES string of the molecule is NCCc1nc(C(=O)NCCC2=CCCCC2)cs1. The summed E-state index contributed by atoms with van der Waals surface area (Å²) in [5.74, 6) is -0.0732. The molecule has 4 nitrogen and oxygen atoms in total. The van der Waals surface area contributed by atoms with Crippen molar-refractivity contribution in [2.45, 2.75) is 38.5 Å². The van der Waals surface area contributed by atoms with Gasteiger partial charge in [-0.05, 0) is 38.6 Å². The summed E-state index contributed by atoms with van der Waals surface area (Å²) in [6, 6.07) is 0. The molecule has 0 saturated heterocycles. The average Bonchev–Trinajstić information content (AvgIpc) is 2.89. The van der Waals surface area contributed by atoms with Crippen LogP contribution < -0.4 is 11.1 Å². The molecule has 1 aromatic rings. The van der Waals surface area contributed by atoms with Gasteiger partial charge in [-0.2, -0.15) is 0 Å². The Hall–Kier alpha value is -1.20. The second-order valence-corrected chi connectivity index (χ2v) is 5.72. The Morgan fingerprint density at radius 1 is 1.42 bits per heavy atom. The molecule has 0 aromatic carbocycles. The Balaban J connectivity index is 1.75. The molecule has 0 bridgehead atoms. The van der Waals surface area contributed by atoms with E-state index in [1.807, 2.05) is 0 Å². The molecule has 0 radical (unpaired) electrons. The van der Waals surface area contributed by atoms with Gasteiger partial charge < -0.3 is 11.1 Å². The van der Waals surface area contributed by atoms with E-state index < -0.39 is 0 Å². The smallest absolute Gasteiger partial charge is 0.270 e. The maximum atomic E-state index is 11.9. The molecule has 0 aliphatic heterocycles. The van der Waals surface area contributed by atoms with E-state index in [-0.39, 0.29) is 5.91 Å². The van der Waals surface area contributed by atoms with Crippen molar-refractivity contribution in [3.8, 4) is 0 Å². The number of nitrogens with two attached hydrogens (primary N) is 1. The van der Waals surface area contributed by atoms with E-state index in [0.717, 1.165) is 17.8 Å². The number of rotatable bonds is 6. The molecule has 0 spiro atoms. The van der Waals surface area contributed by atoms with Crippen molar-refractivity contribution in [1.82, 2.24) is 10.3 Å². The van der Waals surface area contributed by atoms with Crippen molar-refractivity contribution >= 4 is 17.2 Å². The van der Waals surface area contributed by atoms with Crippen LogP contribution in [0.15, 0.2) is 17.0 Å². The Bertz CT molecular complexity index is 453. The summed E-state index contributed by atoms with van der Waals surface area (Å²) in [7, 11) is 0. The second-order valence-electron chi connectivity index (χ2n) is 4.78. The lowest BCUT2D eigenvalue weighted by Gasteiger charge is -2.12. The van der Waals surface area contributed by atoms with E-state index in [1.165, 1.54) is 42.6 Å². The third-order valence-electron chi connectivity index (χ3n) is 3.26. The fourth-order valence-corrected chi connectivity index (χ4v) is 3.01. The molecule has 1 aliphatic carbocycles. The van der Waals surface area contributed by atoms with Crippen LogP contribution in [0.4, 0.5) is 0 Å². The molecular weight excluding hydrogens is 258 g/mol. The quantitative estimate of drug-likeness (QED) is 0.785. The zero-order chi connectivity index (χ0) is 13.5. The maximum Gasteiger partial charge on any atom is 0.270 e. The largest absolute Gasteiger partial charge is 0.350 e. The van der Waals surface area contributed by atoms with Crippen molar-refractivity contribution in [2.75, 3.05) is 13.1 Å². The topological polar surface area (TPSA) is 68.0 Å². The first-order valence-electron chi connectivity index (χ1n) is 6.90. The van der Waals surface area contributed by atoms with E-state index in [9.17, 15) is 4.79 Å². The predicted octanol–water partition coefficient (Wildman–Crippen LogP) is 2.26. The minimum absolute atomic E-state index is 0.0732. The molecular formula is C14H21N3OS. The van der Waals surface area contributed by atoms with Crippen LogP contribution in [0.1, 0.15) is 47.6 Å². The third kappa shape index (κ3) is 4.44. The fourth-order valence-electron chi connectivity index (χ4n) is 2.21. The van der Waals surface area contributed by atoms with Gasteiger partial charge >= 0.3 is 0 Å². The number of aromatic nitrogens is 1. The number of thiazole rings is 1. The zero-order valence-electron chi connectivity index (χ0n) is 11.2. The molecule has 2 rings (SSSR count). The van der Waals surface area contributed by atoms with Crippen LogP contribution in [-0.4, -0.2) is 24.0 Å². The van der Waals surface area contributed by atoms with Gasteiger partial charge in [0.15, 0.2) is 0 Å². The number of allylic oxidation sites excluding steroid dienone is 1. The summed E-state index contributed by atoms with van der Waals surface area (Å²) in [6.07, 6.45) is 8.99. The van der Waals surface area contributed by atoms with Gasteiger partial charge in [-0.3, -0.25) is 4.79 Å². The van der Waals surface area contributed by atoms with Crippen LogP contribution >= 0.6 is 11.3 Å². The van der Waals surface area contributed by atoms with E-state index in [4.69, 9.17) is 5.73 Å². The number of carbonyl (C=O) groups excluding carboxylic acids is 1. The lowest BCUT2D eigenvalue weighted by molar-refractivity contribution is 0.0949. The van der Waals surface area contributed by atoms with E-state index in [0.29, 0.717) is 18.8 Å². The molecule has 19 heavy (non-hydrogen) atoms. The number of carbonyl (C=O) groups is 1. The highest BCUT2D eigenvalue weighted by Crippen LogP contribution is 2.19. The van der Waals surface area contributed by atoms with E-state index >= 15 is 0 Å². The first kappa shape index (κ1) is 14.2. The third-order valence-corrected chi connectivity index (χ3v) is 4.17. The van der Waals surface area contributed by atoms with Crippen LogP contribution in [-0.2, 0) is 6.42 Å². The van der Waals surface area contributed by atoms with Gasteiger partial charge in [0.25, 0.3) is 5.91 Å². The maximum absolute atomic E-state index is 11.9. The predicted molar refractivity (Wildman–Crippen MR) is 78.4 cm³/mol. The molecule has 0 unspecified atom stereocenters. The average molecular weight is 279 g/mol. The van der Waals surface area contributed by atoms with Crippen molar-refractivity contribution in [2.24, 2.45) is 5.73 Å². The minimum Gasteiger partial charge on any atom is -0.350 e. The first-order chi connectivity index (χ1) is 9.29. The normalized spacial score (nSPS) is 15.1. The van der Waals surface area contributed by atoms with Gasteiger partial charge in [-0.15, -0.1) is 11.3 Å². The molecule has 1 heterocycles. The Kier molecular flexibility index (Phi) is 5.54. The van der Waals surface area contributed by atoms with Crippen LogP contribution in [0, 0.1) is 0 Å². The highest BCUT2D eigenvalue weighted by molar-refractivity contribution is 7.09. The van der Waals surface area contributed by atoms with Gasteiger partial charge in [-0.25, -0.2) is 4.98 Å². The summed E-state index contributed by atoms with van der Waals surface area (Å²) in [5, 5.41) is 5.67. The second kappa shape index (κ2) is 7.40. The summed E-state index contributed by atoms with van der Waals surface area (Å²) in [4.78, 5) is 16.2. The van der Waals surface area contributed by atoms with Crippen molar-refractivity contribution < 1.29 is 4.79 Å². The summed E-state index contributed by atoms with van der Waals surface area (Å²) in [5.41, 5.74) is 7.47. The Labute approximate surface area is 118 Å². The lowest BCUT2D eigenvalue weighted by atomic mass is 9.97. The Morgan fingerprint density at radius 2 is 2.32 bits per heavy atom. The van der Waals surface area contributed by atoms with Crippen LogP contribution in [0.2, 0.25) is 0 Å². The summed E-state index contributed by atoms with van der Waals surface area (Å²) < 4.78 is 0.